The van der Waals surface area contributed by atoms with Gasteiger partial charge in [-0.2, -0.15) is 0 Å². The van der Waals surface area contributed by atoms with Crippen LogP contribution in [0.3, 0.4) is 0 Å². The number of esters is 1. The van der Waals surface area contributed by atoms with Crippen LogP contribution < -0.4 is 5.32 Å². The second-order valence-electron chi connectivity index (χ2n) is 6.00. The fourth-order valence-corrected chi connectivity index (χ4v) is 2.83. The molecule has 5 heteroatoms. The smallest absolute Gasteiger partial charge is 0.338 e. The summed E-state index contributed by atoms with van der Waals surface area (Å²) >= 11 is 0. The molecule has 0 radical (unpaired) electrons. The van der Waals surface area contributed by atoms with Crippen molar-refractivity contribution in [2.45, 2.75) is 27.2 Å². The number of hydrogen-bond acceptors (Lipinski definition) is 4. The number of anilines is 1. The van der Waals surface area contributed by atoms with Gasteiger partial charge in [-0.1, -0.05) is 19.1 Å². The molecule has 0 saturated heterocycles. The summed E-state index contributed by atoms with van der Waals surface area (Å²) < 4.78 is 10.7. The van der Waals surface area contributed by atoms with Crippen LogP contribution in [0.1, 0.15) is 45.9 Å². The van der Waals surface area contributed by atoms with Crippen LogP contribution >= 0.6 is 0 Å². The summed E-state index contributed by atoms with van der Waals surface area (Å²) in [7, 11) is 0. The van der Waals surface area contributed by atoms with E-state index < -0.39 is 5.97 Å². The van der Waals surface area contributed by atoms with Gasteiger partial charge in [0, 0.05) is 16.6 Å². The Hall–Kier alpha value is -3.08. The van der Waals surface area contributed by atoms with Gasteiger partial charge in [-0.05, 0) is 56.2 Å². The Balaban J connectivity index is 1.86. The van der Waals surface area contributed by atoms with E-state index in [2.05, 4.69) is 12.2 Å². The van der Waals surface area contributed by atoms with Crippen molar-refractivity contribution in [3.63, 3.8) is 0 Å². The van der Waals surface area contributed by atoms with Crippen molar-refractivity contribution in [1.82, 2.24) is 0 Å². The van der Waals surface area contributed by atoms with Gasteiger partial charge in [-0.25, -0.2) is 4.79 Å². The molecule has 0 aliphatic rings. The summed E-state index contributed by atoms with van der Waals surface area (Å²) in [5.41, 5.74) is 3.57. The molecule has 1 aromatic heterocycles. The second kappa shape index (κ2) is 7.44. The van der Waals surface area contributed by atoms with E-state index in [9.17, 15) is 9.59 Å². The third-order valence-electron chi connectivity index (χ3n) is 4.25. The van der Waals surface area contributed by atoms with Gasteiger partial charge in [0.15, 0.2) is 5.76 Å². The molecule has 0 aliphatic heterocycles. The Morgan fingerprint density at radius 1 is 1.12 bits per heavy atom. The topological polar surface area (TPSA) is 68.5 Å². The number of carbonyl (C=O) groups excluding carboxylic acids is 2. The molecule has 0 unspecified atom stereocenters. The van der Waals surface area contributed by atoms with Crippen LogP contribution in [0, 0.1) is 6.92 Å². The van der Waals surface area contributed by atoms with Crippen LogP contribution in [0.2, 0.25) is 0 Å². The van der Waals surface area contributed by atoms with Crippen LogP contribution in [0.25, 0.3) is 11.0 Å². The van der Waals surface area contributed by atoms with Crippen LogP contribution in [-0.2, 0) is 11.2 Å². The monoisotopic (exact) mass is 351 g/mol. The van der Waals surface area contributed by atoms with Crippen molar-refractivity contribution in [3.05, 3.63) is 64.9 Å². The molecule has 1 N–H and O–H groups in total. The van der Waals surface area contributed by atoms with E-state index in [0.717, 1.165) is 17.4 Å². The second-order valence-corrected chi connectivity index (χ2v) is 6.00. The molecule has 1 heterocycles. The number of ether oxygens (including phenoxy) is 1. The summed E-state index contributed by atoms with van der Waals surface area (Å²) in [5, 5.41) is 3.73. The zero-order valence-electron chi connectivity index (χ0n) is 15.1. The largest absolute Gasteiger partial charge is 0.462 e. The molecule has 0 spiro atoms. The van der Waals surface area contributed by atoms with Crippen LogP contribution in [0.15, 0.2) is 46.9 Å². The van der Waals surface area contributed by atoms with E-state index in [1.165, 1.54) is 5.56 Å². The Labute approximate surface area is 152 Å². The van der Waals surface area contributed by atoms with Crippen molar-refractivity contribution >= 4 is 28.5 Å². The van der Waals surface area contributed by atoms with Gasteiger partial charge in [0.2, 0.25) is 0 Å². The Morgan fingerprint density at radius 2 is 1.92 bits per heavy atom. The lowest BCUT2D eigenvalue weighted by molar-refractivity contribution is 0.0526. The van der Waals surface area contributed by atoms with E-state index >= 15 is 0 Å². The molecule has 26 heavy (non-hydrogen) atoms. The number of aryl methyl sites for hydroxylation is 2. The number of benzene rings is 2. The third-order valence-corrected chi connectivity index (χ3v) is 4.25. The van der Waals surface area contributed by atoms with Crippen molar-refractivity contribution < 1.29 is 18.7 Å². The lowest BCUT2D eigenvalue weighted by Gasteiger charge is -2.06. The van der Waals surface area contributed by atoms with Crippen LogP contribution in [-0.4, -0.2) is 18.5 Å². The quantitative estimate of drug-likeness (QED) is 0.675. The van der Waals surface area contributed by atoms with Gasteiger partial charge >= 0.3 is 5.97 Å². The Kier molecular flexibility index (Phi) is 5.07. The van der Waals surface area contributed by atoms with E-state index in [1.807, 2.05) is 25.1 Å². The molecule has 1 amide bonds. The van der Waals surface area contributed by atoms with Crippen molar-refractivity contribution in [1.29, 1.82) is 0 Å². The summed E-state index contributed by atoms with van der Waals surface area (Å²) in [6.07, 6.45) is 0.919. The number of nitrogens with one attached hydrogen (secondary N) is 1. The highest BCUT2D eigenvalue weighted by Gasteiger charge is 2.18. The lowest BCUT2D eigenvalue weighted by Crippen LogP contribution is -2.13. The molecule has 2 aromatic carbocycles. The number of fused-ring (bicyclic) bond motifs is 1. The van der Waals surface area contributed by atoms with E-state index in [4.69, 9.17) is 9.15 Å². The van der Waals surface area contributed by atoms with E-state index in [0.29, 0.717) is 23.4 Å². The van der Waals surface area contributed by atoms with Crippen LogP contribution in [0.4, 0.5) is 5.69 Å². The summed E-state index contributed by atoms with van der Waals surface area (Å²) in [6, 6.07) is 12.6. The fourth-order valence-electron chi connectivity index (χ4n) is 2.83. The molecule has 3 rings (SSSR count). The molecule has 0 aliphatic carbocycles. The zero-order valence-corrected chi connectivity index (χ0v) is 15.1. The number of furan rings is 1. The summed E-state index contributed by atoms with van der Waals surface area (Å²) in [5.74, 6) is -0.497. The number of hydrogen-bond donors (Lipinski definition) is 1. The molecule has 0 saturated carbocycles. The minimum Gasteiger partial charge on any atom is -0.462 e. The van der Waals surface area contributed by atoms with Crippen LogP contribution in [0.5, 0.6) is 0 Å². The maximum absolute atomic E-state index is 12.6. The highest BCUT2D eigenvalue weighted by Crippen LogP contribution is 2.27. The highest BCUT2D eigenvalue weighted by molar-refractivity contribution is 6.07. The van der Waals surface area contributed by atoms with Gasteiger partial charge in [-0.15, -0.1) is 0 Å². The van der Waals surface area contributed by atoms with Crippen molar-refractivity contribution in [3.8, 4) is 0 Å². The molecule has 5 nitrogen and oxygen atoms in total. The van der Waals surface area contributed by atoms with E-state index in [1.54, 1.807) is 31.2 Å². The first-order valence-corrected chi connectivity index (χ1v) is 8.64. The van der Waals surface area contributed by atoms with Gasteiger partial charge in [0.1, 0.15) is 5.58 Å². The molecular weight excluding hydrogens is 330 g/mol. The predicted octanol–water partition coefficient (Wildman–Crippen LogP) is 4.73. The number of amides is 1. The van der Waals surface area contributed by atoms with Gasteiger partial charge < -0.3 is 14.5 Å². The average molecular weight is 351 g/mol. The maximum Gasteiger partial charge on any atom is 0.338 e. The molecule has 0 atom stereocenters. The fraction of sp³-hybridized carbons (Fsp3) is 0.238. The molecule has 0 fully saturated rings. The van der Waals surface area contributed by atoms with E-state index in [-0.39, 0.29) is 11.7 Å². The maximum atomic E-state index is 12.6. The molecular formula is C21H21NO4. The Bertz CT molecular complexity index is 971. The average Bonchev–Trinajstić information content (AvgIpc) is 2.98. The summed E-state index contributed by atoms with van der Waals surface area (Å²) in [6.45, 7) is 6.00. The first-order chi connectivity index (χ1) is 12.5. The molecule has 134 valence electrons. The number of rotatable bonds is 5. The minimum atomic E-state index is -0.421. The molecule has 0 bridgehead atoms. The van der Waals surface area contributed by atoms with Gasteiger partial charge in [0.25, 0.3) is 5.91 Å². The lowest BCUT2D eigenvalue weighted by atomic mass is 10.1. The van der Waals surface area contributed by atoms with Gasteiger partial charge in [0.05, 0.1) is 12.2 Å². The third kappa shape index (κ3) is 3.47. The predicted molar refractivity (Wildman–Crippen MR) is 101 cm³/mol. The highest BCUT2D eigenvalue weighted by atomic mass is 16.5. The number of carbonyl (C=O) groups is 2. The zero-order chi connectivity index (χ0) is 18.7. The standard InChI is InChI=1S/C21H21NO4/c1-4-14-9-10-18-17(11-14)13(3)19(26-18)20(23)22-16-8-6-7-15(12-16)21(24)25-5-2/h6-12H,4-5H2,1-3H3,(H,22,23). The minimum absolute atomic E-state index is 0.273. The van der Waals surface area contributed by atoms with Crippen molar-refractivity contribution in [2.24, 2.45) is 0 Å². The van der Waals surface area contributed by atoms with Gasteiger partial charge in [-0.3, -0.25) is 4.79 Å². The Morgan fingerprint density at radius 3 is 2.65 bits per heavy atom. The normalized spacial score (nSPS) is 10.7. The summed E-state index contributed by atoms with van der Waals surface area (Å²) in [4.78, 5) is 24.5. The SMILES string of the molecule is CCOC(=O)c1cccc(NC(=O)c2oc3ccc(CC)cc3c2C)c1. The first kappa shape index (κ1) is 17.7. The first-order valence-electron chi connectivity index (χ1n) is 8.64. The van der Waals surface area contributed by atoms with Crippen molar-refractivity contribution in [2.75, 3.05) is 11.9 Å². The molecule has 3 aromatic rings.